The lowest BCUT2D eigenvalue weighted by atomic mass is 10.2. The maximum absolute atomic E-state index is 11.9. The Kier molecular flexibility index (Phi) is 4.24. The van der Waals surface area contributed by atoms with Gasteiger partial charge in [0, 0.05) is 4.47 Å². The standard InChI is InChI=1S/C15H12BrN5O/c16-12-7-5-11(6-8-12)9-17-19-15(22)10-21-14-4-2-1-3-13(14)18-20-21/h1-9H,10H2,(H,19,22)/b17-9-. The minimum atomic E-state index is -0.260. The van der Waals surface area contributed by atoms with Gasteiger partial charge in [0.1, 0.15) is 12.1 Å². The molecule has 1 amide bonds. The first-order chi connectivity index (χ1) is 10.7. The summed E-state index contributed by atoms with van der Waals surface area (Å²) in [5.74, 6) is -0.260. The molecule has 110 valence electrons. The Balaban J connectivity index is 1.62. The van der Waals surface area contributed by atoms with Crippen LogP contribution in [0.5, 0.6) is 0 Å². The first-order valence-electron chi connectivity index (χ1n) is 6.58. The fraction of sp³-hybridized carbons (Fsp3) is 0.0667. The minimum Gasteiger partial charge on any atom is -0.271 e. The predicted octanol–water partition coefficient (Wildman–Crippen LogP) is 2.34. The molecule has 3 rings (SSSR count). The van der Waals surface area contributed by atoms with Crippen molar-refractivity contribution in [2.75, 3.05) is 0 Å². The van der Waals surface area contributed by atoms with Crippen molar-refractivity contribution in [1.29, 1.82) is 0 Å². The molecule has 0 fully saturated rings. The molecule has 0 atom stereocenters. The van der Waals surface area contributed by atoms with Crippen LogP contribution >= 0.6 is 15.9 Å². The summed E-state index contributed by atoms with van der Waals surface area (Å²) in [6, 6.07) is 15.1. The zero-order valence-corrected chi connectivity index (χ0v) is 13.1. The van der Waals surface area contributed by atoms with Crippen molar-refractivity contribution < 1.29 is 4.79 Å². The number of carbonyl (C=O) groups excluding carboxylic acids is 1. The zero-order valence-electron chi connectivity index (χ0n) is 11.5. The molecule has 0 unspecified atom stereocenters. The average molecular weight is 358 g/mol. The minimum absolute atomic E-state index is 0.0676. The number of para-hydroxylation sites is 1. The normalized spacial score (nSPS) is 11.1. The Morgan fingerprint density at radius 2 is 2.00 bits per heavy atom. The fourth-order valence-corrected chi connectivity index (χ4v) is 2.20. The van der Waals surface area contributed by atoms with Crippen molar-refractivity contribution >= 4 is 39.1 Å². The van der Waals surface area contributed by atoms with Gasteiger partial charge in [-0.25, -0.2) is 10.1 Å². The molecular weight excluding hydrogens is 346 g/mol. The van der Waals surface area contributed by atoms with E-state index in [2.05, 4.69) is 36.8 Å². The molecule has 0 spiro atoms. The Labute approximate surface area is 135 Å². The summed E-state index contributed by atoms with van der Waals surface area (Å²) in [5.41, 5.74) is 4.95. The van der Waals surface area contributed by atoms with Crippen molar-refractivity contribution in [2.24, 2.45) is 5.10 Å². The van der Waals surface area contributed by atoms with Gasteiger partial charge in [0.2, 0.25) is 0 Å². The molecule has 0 aliphatic heterocycles. The van der Waals surface area contributed by atoms with E-state index < -0.39 is 0 Å². The molecule has 1 heterocycles. The number of hydrogen-bond donors (Lipinski definition) is 1. The second kappa shape index (κ2) is 6.48. The van der Waals surface area contributed by atoms with E-state index in [1.54, 1.807) is 10.9 Å². The first kappa shape index (κ1) is 14.4. The van der Waals surface area contributed by atoms with E-state index in [0.717, 1.165) is 21.1 Å². The van der Waals surface area contributed by atoms with Crippen molar-refractivity contribution in [3.63, 3.8) is 0 Å². The predicted molar refractivity (Wildman–Crippen MR) is 87.4 cm³/mol. The number of amides is 1. The SMILES string of the molecule is O=C(Cn1nnc2ccccc21)N/N=C\c1ccc(Br)cc1. The molecule has 1 aromatic heterocycles. The molecule has 2 aromatic carbocycles. The van der Waals surface area contributed by atoms with Gasteiger partial charge >= 0.3 is 0 Å². The maximum atomic E-state index is 11.9. The monoisotopic (exact) mass is 357 g/mol. The number of hydrazone groups is 1. The zero-order chi connectivity index (χ0) is 15.4. The van der Waals surface area contributed by atoms with E-state index in [4.69, 9.17) is 0 Å². The van der Waals surface area contributed by atoms with Gasteiger partial charge in [-0.3, -0.25) is 4.79 Å². The molecule has 1 N–H and O–H groups in total. The lowest BCUT2D eigenvalue weighted by Crippen LogP contribution is -2.23. The van der Waals surface area contributed by atoms with Crippen LogP contribution in [0.3, 0.4) is 0 Å². The summed E-state index contributed by atoms with van der Waals surface area (Å²) in [4.78, 5) is 11.9. The number of rotatable bonds is 4. The van der Waals surface area contributed by atoms with E-state index in [-0.39, 0.29) is 12.5 Å². The van der Waals surface area contributed by atoms with E-state index in [9.17, 15) is 4.79 Å². The quantitative estimate of drug-likeness (QED) is 0.575. The number of nitrogens with one attached hydrogen (secondary N) is 1. The van der Waals surface area contributed by atoms with Crippen molar-refractivity contribution in [3.05, 3.63) is 58.6 Å². The highest BCUT2D eigenvalue weighted by molar-refractivity contribution is 9.10. The lowest BCUT2D eigenvalue weighted by Gasteiger charge is -2.01. The van der Waals surface area contributed by atoms with E-state index >= 15 is 0 Å². The molecular formula is C15H12BrN5O. The third kappa shape index (κ3) is 3.37. The van der Waals surface area contributed by atoms with Crippen molar-refractivity contribution in [3.8, 4) is 0 Å². The van der Waals surface area contributed by atoms with Gasteiger partial charge in [0.05, 0.1) is 11.7 Å². The summed E-state index contributed by atoms with van der Waals surface area (Å²) in [5, 5.41) is 11.9. The van der Waals surface area contributed by atoms with Gasteiger partial charge in [-0.2, -0.15) is 5.10 Å². The first-order valence-corrected chi connectivity index (χ1v) is 7.37. The summed E-state index contributed by atoms with van der Waals surface area (Å²) in [6.45, 7) is 0.0676. The van der Waals surface area contributed by atoms with Crippen molar-refractivity contribution in [1.82, 2.24) is 20.4 Å². The molecule has 0 radical (unpaired) electrons. The van der Waals surface area contributed by atoms with Crippen LogP contribution in [-0.4, -0.2) is 27.1 Å². The number of benzene rings is 2. The smallest absolute Gasteiger partial charge is 0.261 e. The highest BCUT2D eigenvalue weighted by Crippen LogP contribution is 2.10. The Morgan fingerprint density at radius 3 is 2.82 bits per heavy atom. The fourth-order valence-electron chi connectivity index (χ4n) is 1.93. The summed E-state index contributed by atoms with van der Waals surface area (Å²) < 4.78 is 2.53. The lowest BCUT2D eigenvalue weighted by molar-refractivity contribution is -0.121. The maximum Gasteiger partial charge on any atom is 0.261 e. The third-order valence-electron chi connectivity index (χ3n) is 2.99. The van der Waals surface area contributed by atoms with Gasteiger partial charge in [0.15, 0.2) is 0 Å². The third-order valence-corrected chi connectivity index (χ3v) is 3.52. The number of halogens is 1. The Morgan fingerprint density at radius 1 is 1.23 bits per heavy atom. The van der Waals surface area contributed by atoms with E-state index in [1.165, 1.54) is 0 Å². The number of hydrogen-bond acceptors (Lipinski definition) is 4. The van der Waals surface area contributed by atoms with Gasteiger partial charge in [-0.1, -0.05) is 45.4 Å². The summed E-state index contributed by atoms with van der Waals surface area (Å²) in [6.07, 6.45) is 1.59. The molecule has 3 aromatic rings. The van der Waals surface area contributed by atoms with Crippen LogP contribution < -0.4 is 5.43 Å². The number of nitrogens with zero attached hydrogens (tertiary/aromatic N) is 4. The molecule has 22 heavy (non-hydrogen) atoms. The Hall–Kier alpha value is -2.54. The molecule has 0 aliphatic rings. The highest BCUT2D eigenvalue weighted by atomic mass is 79.9. The summed E-state index contributed by atoms with van der Waals surface area (Å²) >= 11 is 3.36. The van der Waals surface area contributed by atoms with Gasteiger partial charge in [-0.05, 0) is 29.8 Å². The largest absolute Gasteiger partial charge is 0.271 e. The Bertz CT molecular complexity index is 825. The number of aromatic nitrogens is 3. The topological polar surface area (TPSA) is 72.2 Å². The molecule has 0 saturated carbocycles. The van der Waals surface area contributed by atoms with Gasteiger partial charge in [0.25, 0.3) is 5.91 Å². The van der Waals surface area contributed by atoms with Crippen LogP contribution in [0.4, 0.5) is 0 Å². The van der Waals surface area contributed by atoms with E-state index in [0.29, 0.717) is 0 Å². The van der Waals surface area contributed by atoms with Crippen LogP contribution in [0.2, 0.25) is 0 Å². The van der Waals surface area contributed by atoms with Crippen molar-refractivity contribution in [2.45, 2.75) is 6.54 Å². The number of carbonyl (C=O) groups is 1. The summed E-state index contributed by atoms with van der Waals surface area (Å²) in [7, 11) is 0. The van der Waals surface area contributed by atoms with Crippen LogP contribution in [-0.2, 0) is 11.3 Å². The molecule has 7 heteroatoms. The van der Waals surface area contributed by atoms with Gasteiger partial charge in [-0.15, -0.1) is 5.10 Å². The van der Waals surface area contributed by atoms with E-state index in [1.807, 2.05) is 48.5 Å². The van der Waals surface area contributed by atoms with Crippen LogP contribution in [0.25, 0.3) is 11.0 Å². The number of fused-ring (bicyclic) bond motifs is 1. The van der Waals surface area contributed by atoms with Crippen LogP contribution in [0, 0.1) is 0 Å². The second-order valence-electron chi connectivity index (χ2n) is 4.58. The molecule has 6 nitrogen and oxygen atoms in total. The molecule has 0 aliphatic carbocycles. The highest BCUT2D eigenvalue weighted by Gasteiger charge is 2.07. The molecule has 0 bridgehead atoms. The molecule has 0 saturated heterocycles. The second-order valence-corrected chi connectivity index (χ2v) is 5.50. The average Bonchev–Trinajstić information content (AvgIpc) is 2.93. The van der Waals surface area contributed by atoms with Crippen LogP contribution in [0.15, 0.2) is 58.1 Å². The van der Waals surface area contributed by atoms with Crippen LogP contribution in [0.1, 0.15) is 5.56 Å². The van der Waals surface area contributed by atoms with Gasteiger partial charge < -0.3 is 0 Å².